The van der Waals surface area contributed by atoms with Gasteiger partial charge < -0.3 is 0 Å². The van der Waals surface area contributed by atoms with Gasteiger partial charge in [-0.3, -0.25) is 4.79 Å². The van der Waals surface area contributed by atoms with Crippen LogP contribution in [-0.2, 0) is 4.79 Å². The molecule has 4 heteroatoms. The number of aliphatic imine (C=N–C) groups is 1. The van der Waals surface area contributed by atoms with E-state index < -0.39 is 5.66 Å². The van der Waals surface area contributed by atoms with Gasteiger partial charge in [-0.15, -0.1) is 5.11 Å². The minimum Gasteiger partial charge on any atom is -0.295 e. The van der Waals surface area contributed by atoms with Crippen LogP contribution in [0.3, 0.4) is 0 Å². The van der Waals surface area contributed by atoms with Crippen molar-refractivity contribution in [1.29, 1.82) is 0 Å². The molecule has 0 fully saturated rings. The van der Waals surface area contributed by atoms with Crippen LogP contribution in [0, 0.1) is 6.92 Å². The molecule has 0 radical (unpaired) electrons. The lowest BCUT2D eigenvalue weighted by molar-refractivity contribution is -0.118. The van der Waals surface area contributed by atoms with Crippen LogP contribution in [0.15, 0.2) is 39.5 Å². The zero-order valence-electron chi connectivity index (χ0n) is 9.56. The Bertz CT molecular complexity index is 487. The van der Waals surface area contributed by atoms with E-state index in [0.717, 1.165) is 11.4 Å². The fraction of sp³-hybridized carbons (Fsp3) is 0.333. The Morgan fingerprint density at radius 2 is 1.81 bits per heavy atom. The van der Waals surface area contributed by atoms with Gasteiger partial charge in [0.1, 0.15) is 0 Å². The molecule has 1 unspecified atom stereocenters. The molecule has 1 aromatic carbocycles. The zero-order chi connectivity index (χ0) is 11.8. The van der Waals surface area contributed by atoms with E-state index in [2.05, 4.69) is 15.2 Å². The van der Waals surface area contributed by atoms with E-state index in [4.69, 9.17) is 0 Å². The minimum atomic E-state index is -0.981. The van der Waals surface area contributed by atoms with Crippen molar-refractivity contribution >= 4 is 17.2 Å². The second-order valence-electron chi connectivity index (χ2n) is 3.96. The number of Topliss-reactive ketones (excluding diaryl/α,β-unsaturated/α-hetero) is 1. The summed E-state index contributed by atoms with van der Waals surface area (Å²) >= 11 is 0. The first-order chi connectivity index (χ1) is 7.54. The molecule has 1 atom stereocenters. The van der Waals surface area contributed by atoms with Gasteiger partial charge in [0, 0.05) is 0 Å². The lowest BCUT2D eigenvalue weighted by atomic mass is 10.1. The van der Waals surface area contributed by atoms with Gasteiger partial charge in [0.05, 0.1) is 11.4 Å². The van der Waals surface area contributed by atoms with Crippen molar-refractivity contribution in [3.63, 3.8) is 0 Å². The van der Waals surface area contributed by atoms with Crippen LogP contribution < -0.4 is 0 Å². The smallest absolute Gasteiger partial charge is 0.266 e. The van der Waals surface area contributed by atoms with Crippen molar-refractivity contribution in [3.05, 3.63) is 29.8 Å². The Kier molecular flexibility index (Phi) is 2.42. The highest BCUT2D eigenvalue weighted by molar-refractivity contribution is 6.21. The topological polar surface area (TPSA) is 54.1 Å². The molecule has 0 saturated carbocycles. The number of carbonyl (C=O) groups excluding carboxylic acids is 1. The third kappa shape index (κ3) is 1.78. The summed E-state index contributed by atoms with van der Waals surface area (Å²) in [5.41, 5.74) is 1.65. The number of aryl methyl sites for hydroxylation is 1. The standard InChI is InChI=1S/C12H13N3O/c1-8-4-6-11(7-5-8)14-15-12(10(3)16)9(2)13-12/h4-7H,1-3H3. The fourth-order valence-corrected chi connectivity index (χ4v) is 1.45. The van der Waals surface area contributed by atoms with Crippen LogP contribution >= 0.6 is 0 Å². The SMILES string of the molecule is CC(=O)C1(N=Nc2ccc(C)cc2)N=C1C. The van der Waals surface area contributed by atoms with Crippen LogP contribution in [0.2, 0.25) is 0 Å². The van der Waals surface area contributed by atoms with E-state index in [9.17, 15) is 4.79 Å². The van der Waals surface area contributed by atoms with Crippen molar-refractivity contribution in [2.45, 2.75) is 26.4 Å². The molecule has 1 aliphatic rings. The summed E-state index contributed by atoms with van der Waals surface area (Å²) in [5, 5.41) is 8.06. The quantitative estimate of drug-likeness (QED) is 0.715. The molecule has 1 aliphatic heterocycles. The highest BCUT2D eigenvalue weighted by Crippen LogP contribution is 2.32. The van der Waals surface area contributed by atoms with Crippen LogP contribution in [-0.4, -0.2) is 17.2 Å². The van der Waals surface area contributed by atoms with Gasteiger partial charge in [-0.2, -0.15) is 5.11 Å². The van der Waals surface area contributed by atoms with Crippen molar-refractivity contribution < 1.29 is 4.79 Å². The van der Waals surface area contributed by atoms with E-state index in [0.29, 0.717) is 0 Å². The molecule has 82 valence electrons. The van der Waals surface area contributed by atoms with E-state index >= 15 is 0 Å². The number of nitrogens with zero attached hydrogens (tertiary/aromatic N) is 3. The summed E-state index contributed by atoms with van der Waals surface area (Å²) in [7, 11) is 0. The Labute approximate surface area is 94.1 Å². The maximum Gasteiger partial charge on any atom is 0.266 e. The van der Waals surface area contributed by atoms with Crippen molar-refractivity contribution in [2.75, 3.05) is 0 Å². The largest absolute Gasteiger partial charge is 0.295 e. The normalized spacial score (nSPS) is 23.3. The lowest BCUT2D eigenvalue weighted by Crippen LogP contribution is -2.23. The first kappa shape index (κ1) is 10.7. The summed E-state index contributed by atoms with van der Waals surface area (Å²) in [6.07, 6.45) is 0. The average Bonchev–Trinajstić information content (AvgIpc) is 2.90. The molecule has 0 aromatic heterocycles. The highest BCUT2D eigenvalue weighted by Gasteiger charge is 2.49. The first-order valence-corrected chi connectivity index (χ1v) is 5.12. The van der Waals surface area contributed by atoms with E-state index in [-0.39, 0.29) is 5.78 Å². The Hall–Kier alpha value is -1.84. The lowest BCUT2D eigenvalue weighted by Gasteiger charge is -2.02. The second kappa shape index (κ2) is 3.63. The fourth-order valence-electron chi connectivity index (χ4n) is 1.45. The predicted octanol–water partition coefficient (Wildman–Crippen LogP) is 2.84. The summed E-state index contributed by atoms with van der Waals surface area (Å²) in [4.78, 5) is 15.4. The number of rotatable bonds is 3. The summed E-state index contributed by atoms with van der Waals surface area (Å²) in [5.74, 6) is -0.0825. The van der Waals surface area contributed by atoms with Crippen LogP contribution in [0.25, 0.3) is 0 Å². The molecule has 0 saturated heterocycles. The molecule has 0 aliphatic carbocycles. The molecular weight excluding hydrogens is 202 g/mol. The maximum absolute atomic E-state index is 11.3. The second-order valence-corrected chi connectivity index (χ2v) is 3.96. The number of ketones is 1. The van der Waals surface area contributed by atoms with Crippen LogP contribution in [0.5, 0.6) is 0 Å². The number of benzene rings is 1. The molecule has 0 spiro atoms. The molecule has 0 bridgehead atoms. The molecule has 0 N–H and O–H groups in total. The highest BCUT2D eigenvalue weighted by atomic mass is 16.1. The van der Waals surface area contributed by atoms with E-state index in [1.54, 1.807) is 6.92 Å². The third-order valence-corrected chi connectivity index (χ3v) is 2.62. The van der Waals surface area contributed by atoms with Gasteiger partial charge in [-0.1, -0.05) is 17.7 Å². The van der Waals surface area contributed by atoms with Gasteiger partial charge in [0.25, 0.3) is 5.66 Å². The Morgan fingerprint density at radius 1 is 1.25 bits per heavy atom. The van der Waals surface area contributed by atoms with Crippen molar-refractivity contribution in [1.82, 2.24) is 0 Å². The molecular formula is C12H13N3O. The van der Waals surface area contributed by atoms with Gasteiger partial charge >= 0.3 is 0 Å². The van der Waals surface area contributed by atoms with E-state index in [1.165, 1.54) is 12.5 Å². The van der Waals surface area contributed by atoms with Gasteiger partial charge in [-0.25, -0.2) is 4.99 Å². The Morgan fingerprint density at radius 3 is 2.25 bits per heavy atom. The predicted molar refractivity (Wildman–Crippen MR) is 62.2 cm³/mol. The van der Waals surface area contributed by atoms with Crippen molar-refractivity contribution in [3.8, 4) is 0 Å². The number of azo groups is 1. The Balaban J connectivity index is 2.16. The monoisotopic (exact) mass is 215 g/mol. The van der Waals surface area contributed by atoms with Gasteiger partial charge in [0.15, 0.2) is 5.78 Å². The molecule has 1 heterocycles. The number of hydrogen-bond donors (Lipinski definition) is 0. The van der Waals surface area contributed by atoms with Gasteiger partial charge in [-0.05, 0) is 32.9 Å². The number of carbonyl (C=O) groups is 1. The van der Waals surface area contributed by atoms with E-state index in [1.807, 2.05) is 31.2 Å². The zero-order valence-corrected chi connectivity index (χ0v) is 9.56. The van der Waals surface area contributed by atoms with Gasteiger partial charge in [0.2, 0.25) is 0 Å². The summed E-state index contributed by atoms with van der Waals surface area (Å²) in [6, 6.07) is 7.64. The number of hydrogen-bond acceptors (Lipinski definition) is 4. The molecule has 2 rings (SSSR count). The van der Waals surface area contributed by atoms with Crippen molar-refractivity contribution in [2.24, 2.45) is 15.2 Å². The van der Waals surface area contributed by atoms with Crippen LogP contribution in [0.4, 0.5) is 5.69 Å². The molecule has 0 amide bonds. The first-order valence-electron chi connectivity index (χ1n) is 5.12. The minimum absolute atomic E-state index is 0.0825. The third-order valence-electron chi connectivity index (χ3n) is 2.62. The molecule has 4 nitrogen and oxygen atoms in total. The molecule has 1 aromatic rings. The molecule has 16 heavy (non-hydrogen) atoms. The van der Waals surface area contributed by atoms with Crippen LogP contribution in [0.1, 0.15) is 19.4 Å². The summed E-state index contributed by atoms with van der Waals surface area (Å²) < 4.78 is 0. The average molecular weight is 215 g/mol. The maximum atomic E-state index is 11.3. The summed E-state index contributed by atoms with van der Waals surface area (Å²) in [6.45, 7) is 5.27.